The number of nitrogen functional groups attached to an aromatic ring is 1. The second kappa shape index (κ2) is 8.09. The molecule has 2 aromatic heterocycles. The summed E-state index contributed by atoms with van der Waals surface area (Å²) in [6.07, 6.45) is 4.93. The van der Waals surface area contributed by atoms with Crippen molar-refractivity contribution in [2.45, 2.75) is 12.8 Å². The number of amides is 1. The van der Waals surface area contributed by atoms with Crippen molar-refractivity contribution in [1.82, 2.24) is 14.5 Å². The molecule has 0 radical (unpaired) electrons. The number of rotatable bonds is 4. The molecule has 3 N–H and O–H groups in total. The molecule has 7 heteroatoms. The SMILES string of the molecule is C=CC(=O)Nc1cccc(-c2c(-c3ccc4c(c3)CCCN4C)c3c(N)ncnc3n2C)c1. The number of anilines is 3. The van der Waals surface area contributed by atoms with Gasteiger partial charge in [0.1, 0.15) is 17.8 Å². The Morgan fingerprint density at radius 3 is 2.82 bits per heavy atom. The minimum atomic E-state index is -0.252. The number of carbonyl (C=O) groups is 1. The first-order chi connectivity index (χ1) is 16.0. The van der Waals surface area contributed by atoms with Crippen LogP contribution in [0.1, 0.15) is 12.0 Å². The van der Waals surface area contributed by atoms with Gasteiger partial charge in [0.05, 0.1) is 11.1 Å². The van der Waals surface area contributed by atoms with Crippen LogP contribution in [0, 0.1) is 0 Å². The Kier molecular flexibility index (Phi) is 5.09. The number of hydrogen-bond acceptors (Lipinski definition) is 5. The van der Waals surface area contributed by atoms with Gasteiger partial charge in [0.2, 0.25) is 5.91 Å². The Morgan fingerprint density at radius 2 is 2.00 bits per heavy atom. The summed E-state index contributed by atoms with van der Waals surface area (Å²) in [6.45, 7) is 4.60. The van der Waals surface area contributed by atoms with Crippen molar-refractivity contribution in [2.75, 3.05) is 29.5 Å². The second-order valence-corrected chi connectivity index (χ2v) is 8.38. The normalized spacial score (nSPS) is 13.1. The van der Waals surface area contributed by atoms with Gasteiger partial charge in [0.15, 0.2) is 0 Å². The van der Waals surface area contributed by atoms with E-state index >= 15 is 0 Å². The standard InChI is InChI=1S/C26H26N6O/c1-4-21(33)30-19-9-5-7-18(14-19)24-22(23-25(27)28-15-29-26(23)32(24)3)17-10-11-20-16(13-17)8-6-12-31(20)2/h4-5,7,9-11,13-15H,1,6,8,12H2,2-3H3,(H,30,33)(H2,27,28,29). The van der Waals surface area contributed by atoms with E-state index in [2.05, 4.69) is 52.0 Å². The highest BCUT2D eigenvalue weighted by Crippen LogP contribution is 2.43. The zero-order chi connectivity index (χ0) is 23.1. The molecule has 0 saturated heterocycles. The molecular weight excluding hydrogens is 412 g/mol. The minimum Gasteiger partial charge on any atom is -0.383 e. The molecule has 4 aromatic rings. The largest absolute Gasteiger partial charge is 0.383 e. The number of nitrogens with two attached hydrogens (primary N) is 1. The first kappa shape index (κ1) is 20.8. The zero-order valence-electron chi connectivity index (χ0n) is 18.8. The van der Waals surface area contributed by atoms with Crippen molar-refractivity contribution in [3.05, 3.63) is 67.0 Å². The highest BCUT2D eigenvalue weighted by molar-refractivity contribution is 6.08. The molecule has 166 valence electrons. The maximum Gasteiger partial charge on any atom is 0.247 e. The summed E-state index contributed by atoms with van der Waals surface area (Å²) in [5, 5.41) is 3.68. The monoisotopic (exact) mass is 438 g/mol. The molecule has 0 fully saturated rings. The van der Waals surface area contributed by atoms with Crippen LogP contribution in [0.15, 0.2) is 61.4 Å². The van der Waals surface area contributed by atoms with E-state index in [9.17, 15) is 4.79 Å². The van der Waals surface area contributed by atoms with Gasteiger partial charge < -0.3 is 20.5 Å². The molecule has 1 amide bonds. The van der Waals surface area contributed by atoms with E-state index < -0.39 is 0 Å². The maximum absolute atomic E-state index is 11.9. The second-order valence-electron chi connectivity index (χ2n) is 8.38. The molecule has 7 nitrogen and oxygen atoms in total. The molecule has 0 bridgehead atoms. The molecule has 0 aliphatic carbocycles. The Balaban J connectivity index is 1.76. The quantitative estimate of drug-likeness (QED) is 0.461. The fourth-order valence-corrected chi connectivity index (χ4v) is 4.77. The number of nitrogens with zero attached hydrogens (tertiary/aromatic N) is 4. The van der Waals surface area contributed by atoms with Crippen LogP contribution in [0.4, 0.5) is 17.2 Å². The van der Waals surface area contributed by atoms with Crippen LogP contribution in [-0.2, 0) is 18.3 Å². The summed E-state index contributed by atoms with van der Waals surface area (Å²) < 4.78 is 2.04. The molecule has 5 rings (SSSR count). The van der Waals surface area contributed by atoms with Gasteiger partial charge in [-0.1, -0.05) is 24.8 Å². The van der Waals surface area contributed by atoms with Gasteiger partial charge in [-0.3, -0.25) is 4.79 Å². The van der Waals surface area contributed by atoms with E-state index in [1.165, 1.54) is 23.7 Å². The summed E-state index contributed by atoms with van der Waals surface area (Å²) in [6, 6.07) is 14.4. The molecule has 3 heterocycles. The lowest BCUT2D eigenvalue weighted by atomic mass is 9.93. The van der Waals surface area contributed by atoms with Crippen LogP contribution in [0.5, 0.6) is 0 Å². The lowest BCUT2D eigenvalue weighted by molar-refractivity contribution is -0.111. The molecule has 0 atom stereocenters. The summed E-state index contributed by atoms with van der Waals surface area (Å²) in [4.78, 5) is 23.0. The third-order valence-electron chi connectivity index (χ3n) is 6.30. The van der Waals surface area contributed by atoms with Gasteiger partial charge in [0.25, 0.3) is 0 Å². The number of aromatic nitrogens is 3. The molecule has 0 spiro atoms. The highest BCUT2D eigenvalue weighted by Gasteiger charge is 2.23. The van der Waals surface area contributed by atoms with E-state index in [-0.39, 0.29) is 5.91 Å². The van der Waals surface area contributed by atoms with Gasteiger partial charge in [0, 0.05) is 43.1 Å². The first-order valence-corrected chi connectivity index (χ1v) is 10.9. The Morgan fingerprint density at radius 1 is 1.15 bits per heavy atom. The van der Waals surface area contributed by atoms with Gasteiger partial charge in [-0.2, -0.15) is 0 Å². The van der Waals surface area contributed by atoms with Crippen LogP contribution >= 0.6 is 0 Å². The van der Waals surface area contributed by atoms with Crippen molar-refractivity contribution in [3.8, 4) is 22.4 Å². The van der Waals surface area contributed by atoms with Gasteiger partial charge in [-0.15, -0.1) is 0 Å². The predicted molar refractivity (Wildman–Crippen MR) is 134 cm³/mol. The highest BCUT2D eigenvalue weighted by atomic mass is 16.1. The average molecular weight is 439 g/mol. The van der Waals surface area contributed by atoms with E-state index in [4.69, 9.17) is 5.73 Å². The third kappa shape index (κ3) is 3.51. The lowest BCUT2D eigenvalue weighted by Gasteiger charge is -2.28. The fourth-order valence-electron chi connectivity index (χ4n) is 4.77. The van der Waals surface area contributed by atoms with Crippen molar-refractivity contribution >= 4 is 34.1 Å². The first-order valence-electron chi connectivity index (χ1n) is 10.9. The van der Waals surface area contributed by atoms with Crippen LogP contribution in [0.3, 0.4) is 0 Å². The van der Waals surface area contributed by atoms with Crippen molar-refractivity contribution in [3.63, 3.8) is 0 Å². The number of benzene rings is 2. The van der Waals surface area contributed by atoms with E-state index in [1.54, 1.807) is 0 Å². The smallest absolute Gasteiger partial charge is 0.247 e. The number of aryl methyl sites for hydroxylation is 2. The van der Waals surface area contributed by atoms with Gasteiger partial charge in [-0.25, -0.2) is 9.97 Å². The topological polar surface area (TPSA) is 89.1 Å². The molecule has 0 unspecified atom stereocenters. The number of hydrogen-bond donors (Lipinski definition) is 2. The summed E-state index contributed by atoms with van der Waals surface area (Å²) in [5.74, 6) is 0.195. The third-order valence-corrected chi connectivity index (χ3v) is 6.30. The predicted octanol–water partition coefficient (Wildman–Crippen LogP) is 4.39. The van der Waals surface area contributed by atoms with Crippen LogP contribution in [0.2, 0.25) is 0 Å². The average Bonchev–Trinajstić information content (AvgIpc) is 3.13. The Labute approximate surface area is 192 Å². The molecule has 1 aliphatic heterocycles. The molecule has 1 aliphatic rings. The summed E-state index contributed by atoms with van der Waals surface area (Å²) in [7, 11) is 4.12. The Bertz CT molecular complexity index is 1400. The molecule has 33 heavy (non-hydrogen) atoms. The molecule has 0 saturated carbocycles. The Hall–Kier alpha value is -4.13. The van der Waals surface area contributed by atoms with Crippen molar-refractivity contribution in [1.29, 1.82) is 0 Å². The zero-order valence-corrected chi connectivity index (χ0v) is 18.8. The van der Waals surface area contributed by atoms with Crippen LogP contribution < -0.4 is 16.0 Å². The van der Waals surface area contributed by atoms with Gasteiger partial charge in [-0.05, 0) is 54.3 Å². The van der Waals surface area contributed by atoms with Crippen LogP contribution in [0.25, 0.3) is 33.4 Å². The minimum absolute atomic E-state index is 0.252. The lowest BCUT2D eigenvalue weighted by Crippen LogP contribution is -2.24. The van der Waals surface area contributed by atoms with Crippen LogP contribution in [-0.4, -0.2) is 34.0 Å². The van der Waals surface area contributed by atoms with Crippen molar-refractivity contribution < 1.29 is 4.79 Å². The molecular formula is C26H26N6O. The van der Waals surface area contributed by atoms with Crippen molar-refractivity contribution in [2.24, 2.45) is 7.05 Å². The number of carbonyl (C=O) groups excluding carboxylic acids is 1. The van der Waals surface area contributed by atoms with E-state index in [0.29, 0.717) is 11.5 Å². The number of fused-ring (bicyclic) bond motifs is 2. The van der Waals surface area contributed by atoms with Gasteiger partial charge >= 0.3 is 0 Å². The summed E-state index contributed by atoms with van der Waals surface area (Å²) >= 11 is 0. The fraction of sp³-hybridized carbons (Fsp3) is 0.192. The number of nitrogens with one attached hydrogen (secondary N) is 1. The maximum atomic E-state index is 11.9. The summed E-state index contributed by atoms with van der Waals surface area (Å²) in [5.41, 5.74) is 14.4. The van der Waals surface area contributed by atoms with E-state index in [0.717, 1.165) is 52.8 Å². The molecule has 2 aromatic carbocycles. The van der Waals surface area contributed by atoms with E-state index in [1.807, 2.05) is 35.9 Å².